The maximum Gasteiger partial charge on any atom is 0.269 e. The summed E-state index contributed by atoms with van der Waals surface area (Å²) in [5, 5.41) is 14.5. The van der Waals surface area contributed by atoms with Crippen LogP contribution in [0.2, 0.25) is 0 Å². The van der Waals surface area contributed by atoms with Gasteiger partial charge in [0.15, 0.2) is 5.16 Å². The van der Waals surface area contributed by atoms with Gasteiger partial charge in [-0.05, 0) is 24.6 Å². The van der Waals surface area contributed by atoms with E-state index in [0.717, 1.165) is 16.9 Å². The summed E-state index contributed by atoms with van der Waals surface area (Å²) in [7, 11) is 1.79. The molecule has 1 N–H and O–H groups in total. The van der Waals surface area contributed by atoms with Crippen LogP contribution in [0.4, 0.5) is 11.4 Å². The van der Waals surface area contributed by atoms with Crippen LogP contribution in [0.25, 0.3) is 0 Å². The van der Waals surface area contributed by atoms with Crippen molar-refractivity contribution in [2.24, 2.45) is 0 Å². The van der Waals surface area contributed by atoms with Crippen LogP contribution in [0.5, 0.6) is 0 Å². The Balaban J connectivity index is 2.19. The summed E-state index contributed by atoms with van der Waals surface area (Å²) in [6.45, 7) is 1.90. The van der Waals surface area contributed by atoms with Gasteiger partial charge in [-0.2, -0.15) is 0 Å². The molecule has 2 aromatic rings. The van der Waals surface area contributed by atoms with Crippen molar-refractivity contribution in [3.63, 3.8) is 0 Å². The van der Waals surface area contributed by atoms with Gasteiger partial charge in [0.1, 0.15) is 0 Å². The van der Waals surface area contributed by atoms with Crippen molar-refractivity contribution in [1.29, 1.82) is 0 Å². The molecule has 0 fully saturated rings. The third-order valence-electron chi connectivity index (χ3n) is 2.70. The Bertz CT molecular complexity index is 634. The summed E-state index contributed by atoms with van der Waals surface area (Å²) >= 11 is 1.45. The zero-order valence-electron chi connectivity index (χ0n) is 11.2. The first-order valence-corrected chi connectivity index (χ1v) is 6.96. The van der Waals surface area contributed by atoms with Gasteiger partial charge in [-0.3, -0.25) is 10.1 Å². The lowest BCUT2D eigenvalue weighted by Gasteiger charge is -2.08. The number of non-ortho nitro benzene ring substituents is 1. The van der Waals surface area contributed by atoms with Crippen molar-refractivity contribution in [1.82, 2.24) is 9.97 Å². The van der Waals surface area contributed by atoms with Crippen LogP contribution in [-0.2, 0) is 5.75 Å². The second kappa shape index (κ2) is 6.33. The molecule has 1 heterocycles. The second-order valence-corrected chi connectivity index (χ2v) is 5.06. The van der Waals surface area contributed by atoms with Crippen molar-refractivity contribution in [3.8, 4) is 0 Å². The van der Waals surface area contributed by atoms with E-state index >= 15 is 0 Å². The molecule has 2 rings (SSSR count). The summed E-state index contributed by atoms with van der Waals surface area (Å²) in [5.74, 6) is 0.571. The van der Waals surface area contributed by atoms with Crippen molar-refractivity contribution in [2.45, 2.75) is 17.8 Å². The van der Waals surface area contributed by atoms with Gasteiger partial charge in [0.05, 0.1) is 4.92 Å². The number of hydrogen-bond donors (Lipinski definition) is 1. The van der Waals surface area contributed by atoms with Crippen LogP contribution < -0.4 is 5.32 Å². The third-order valence-corrected chi connectivity index (χ3v) is 3.61. The first-order chi connectivity index (χ1) is 9.60. The number of benzene rings is 1. The molecule has 0 atom stereocenters. The number of aryl methyl sites for hydroxylation is 1. The van der Waals surface area contributed by atoms with Crippen molar-refractivity contribution in [2.75, 3.05) is 12.4 Å². The Kier molecular flexibility index (Phi) is 4.52. The van der Waals surface area contributed by atoms with Gasteiger partial charge >= 0.3 is 0 Å². The fourth-order valence-corrected chi connectivity index (χ4v) is 2.56. The smallest absolute Gasteiger partial charge is 0.269 e. The van der Waals surface area contributed by atoms with Gasteiger partial charge < -0.3 is 5.32 Å². The minimum atomic E-state index is -0.392. The number of hydrogen-bond acceptors (Lipinski definition) is 6. The van der Waals surface area contributed by atoms with E-state index in [1.165, 1.54) is 17.8 Å². The number of nitro groups is 1. The van der Waals surface area contributed by atoms with Gasteiger partial charge in [-0.15, -0.1) is 0 Å². The van der Waals surface area contributed by atoms with Gasteiger partial charge in [0.2, 0.25) is 0 Å². The molecule has 7 heteroatoms. The number of thioether (sulfide) groups is 1. The van der Waals surface area contributed by atoms with Crippen LogP contribution >= 0.6 is 11.8 Å². The zero-order chi connectivity index (χ0) is 14.5. The molecule has 0 radical (unpaired) electrons. The van der Waals surface area contributed by atoms with E-state index in [4.69, 9.17) is 0 Å². The van der Waals surface area contributed by atoms with E-state index < -0.39 is 4.92 Å². The minimum absolute atomic E-state index is 0.0877. The molecule has 0 bridgehead atoms. The average molecular weight is 290 g/mol. The van der Waals surface area contributed by atoms with Crippen molar-refractivity contribution >= 4 is 23.1 Å². The highest BCUT2D eigenvalue weighted by Crippen LogP contribution is 2.27. The third kappa shape index (κ3) is 3.45. The molecule has 0 amide bonds. The number of nitrogens with zero attached hydrogens (tertiary/aromatic N) is 3. The Labute approximate surface area is 120 Å². The minimum Gasteiger partial charge on any atom is -0.388 e. The van der Waals surface area contributed by atoms with E-state index in [2.05, 4.69) is 15.3 Å². The number of nitro benzene ring substituents is 1. The highest BCUT2D eigenvalue weighted by Gasteiger charge is 2.11. The summed E-state index contributed by atoms with van der Waals surface area (Å²) in [6.07, 6.45) is 1.71. The Hall–Kier alpha value is -2.15. The molecule has 0 aliphatic carbocycles. The van der Waals surface area contributed by atoms with E-state index in [0.29, 0.717) is 10.9 Å². The van der Waals surface area contributed by atoms with Crippen molar-refractivity contribution in [3.05, 3.63) is 51.8 Å². The Morgan fingerprint density at radius 3 is 2.85 bits per heavy atom. The van der Waals surface area contributed by atoms with Crippen molar-refractivity contribution < 1.29 is 4.92 Å². The second-order valence-electron chi connectivity index (χ2n) is 4.12. The summed E-state index contributed by atoms with van der Waals surface area (Å²) in [4.78, 5) is 18.9. The molecule has 0 aliphatic heterocycles. The monoisotopic (exact) mass is 290 g/mol. The maximum atomic E-state index is 10.8. The largest absolute Gasteiger partial charge is 0.388 e. The van der Waals surface area contributed by atoms with Crippen LogP contribution in [0.3, 0.4) is 0 Å². The SMILES string of the molecule is CNc1ccc([N+](=O)[O-])cc1CSc1nccc(C)n1. The number of aromatic nitrogens is 2. The topological polar surface area (TPSA) is 81.0 Å². The van der Waals surface area contributed by atoms with Crippen LogP contribution in [0.15, 0.2) is 35.6 Å². The fourth-order valence-electron chi connectivity index (χ4n) is 1.69. The van der Waals surface area contributed by atoms with E-state index in [1.807, 2.05) is 13.0 Å². The highest BCUT2D eigenvalue weighted by atomic mass is 32.2. The van der Waals surface area contributed by atoms with E-state index in [1.54, 1.807) is 25.4 Å². The molecule has 0 saturated carbocycles. The lowest BCUT2D eigenvalue weighted by atomic mass is 10.2. The first kappa shape index (κ1) is 14.3. The molecule has 0 spiro atoms. The van der Waals surface area contributed by atoms with Gasteiger partial charge in [-0.25, -0.2) is 9.97 Å². The molecular formula is C13H14N4O2S. The molecule has 6 nitrogen and oxygen atoms in total. The summed E-state index contributed by atoms with van der Waals surface area (Å²) in [6, 6.07) is 6.61. The van der Waals surface area contributed by atoms with Crippen LogP contribution in [0, 0.1) is 17.0 Å². The predicted octanol–water partition coefficient (Wildman–Crippen LogP) is 3.03. The molecule has 0 unspecified atom stereocenters. The zero-order valence-corrected chi connectivity index (χ0v) is 12.0. The summed E-state index contributed by atoms with van der Waals surface area (Å²) < 4.78 is 0. The average Bonchev–Trinajstić information content (AvgIpc) is 2.44. The highest BCUT2D eigenvalue weighted by molar-refractivity contribution is 7.98. The van der Waals surface area contributed by atoms with Gasteiger partial charge in [-0.1, -0.05) is 11.8 Å². The predicted molar refractivity (Wildman–Crippen MR) is 79.0 cm³/mol. The standard InChI is InChI=1S/C13H14N4O2S/c1-9-5-6-15-13(16-9)20-8-10-7-11(17(18)19)3-4-12(10)14-2/h3-7,14H,8H2,1-2H3. The lowest BCUT2D eigenvalue weighted by Crippen LogP contribution is -1.97. The molecule has 0 aliphatic rings. The number of anilines is 1. The Morgan fingerprint density at radius 1 is 1.40 bits per heavy atom. The fraction of sp³-hybridized carbons (Fsp3) is 0.231. The van der Waals surface area contributed by atoms with E-state index in [9.17, 15) is 10.1 Å². The molecule has 20 heavy (non-hydrogen) atoms. The van der Waals surface area contributed by atoms with E-state index in [-0.39, 0.29) is 5.69 Å². The molecular weight excluding hydrogens is 276 g/mol. The molecule has 1 aromatic carbocycles. The van der Waals surface area contributed by atoms with Gasteiger partial charge in [0.25, 0.3) is 5.69 Å². The number of nitrogens with one attached hydrogen (secondary N) is 1. The maximum absolute atomic E-state index is 10.8. The quantitative estimate of drug-likeness (QED) is 0.394. The number of rotatable bonds is 5. The van der Waals surface area contributed by atoms with Crippen LogP contribution in [-0.4, -0.2) is 21.9 Å². The molecule has 0 saturated heterocycles. The first-order valence-electron chi connectivity index (χ1n) is 5.97. The van der Waals surface area contributed by atoms with Gasteiger partial charge in [0, 0.05) is 42.5 Å². The Morgan fingerprint density at radius 2 is 2.20 bits per heavy atom. The summed E-state index contributed by atoms with van der Waals surface area (Å²) in [5.41, 5.74) is 2.72. The molecule has 1 aromatic heterocycles. The molecule has 104 valence electrons. The normalized spacial score (nSPS) is 10.3. The lowest BCUT2D eigenvalue weighted by molar-refractivity contribution is -0.384. The van der Waals surface area contributed by atoms with Crippen LogP contribution in [0.1, 0.15) is 11.3 Å².